The molecule has 5 nitrogen and oxygen atoms in total. The first kappa shape index (κ1) is 60.8. The average molecular weight is 889 g/mol. The summed E-state index contributed by atoms with van der Waals surface area (Å²) in [5, 5.41) is 0. The zero-order valence-electron chi connectivity index (χ0n) is 42.0. The highest BCUT2D eigenvalue weighted by molar-refractivity contribution is 5.70. The van der Waals surface area contributed by atoms with Crippen molar-refractivity contribution in [2.75, 3.05) is 19.8 Å². The molecule has 0 aliphatic rings. The number of carbonyl (C=O) groups is 2. The average Bonchev–Trinajstić information content (AvgIpc) is 3.30. The molecule has 0 fully saturated rings. The lowest BCUT2D eigenvalue weighted by atomic mass is 10.1. The molecule has 0 aliphatic carbocycles. The van der Waals surface area contributed by atoms with Crippen LogP contribution in [-0.4, -0.2) is 37.9 Å². The van der Waals surface area contributed by atoms with Crippen molar-refractivity contribution in [2.45, 2.75) is 245 Å². The third-order valence-corrected chi connectivity index (χ3v) is 11.1. The molecule has 1 unspecified atom stereocenters. The van der Waals surface area contributed by atoms with Crippen molar-refractivity contribution in [3.8, 4) is 0 Å². The van der Waals surface area contributed by atoms with E-state index in [4.69, 9.17) is 14.2 Å². The maximum absolute atomic E-state index is 12.7. The van der Waals surface area contributed by atoms with E-state index in [9.17, 15) is 9.59 Å². The lowest BCUT2D eigenvalue weighted by molar-refractivity contribution is -0.163. The number of rotatable bonds is 48. The van der Waals surface area contributed by atoms with Crippen molar-refractivity contribution in [1.29, 1.82) is 0 Å². The molecule has 366 valence electrons. The van der Waals surface area contributed by atoms with Gasteiger partial charge in [-0.2, -0.15) is 0 Å². The Balaban J connectivity index is 4.27. The molecule has 0 saturated carbocycles. The number of carbonyl (C=O) groups excluding carboxylic acids is 2. The van der Waals surface area contributed by atoms with Gasteiger partial charge in [0.25, 0.3) is 0 Å². The molecular weight excluding hydrogens is 789 g/mol. The smallest absolute Gasteiger partial charge is 0.306 e. The Morgan fingerprint density at radius 3 is 1.16 bits per heavy atom. The number of hydrogen-bond donors (Lipinski definition) is 0. The first-order chi connectivity index (χ1) is 31.6. The third kappa shape index (κ3) is 51.5. The zero-order valence-corrected chi connectivity index (χ0v) is 42.0. The van der Waals surface area contributed by atoms with E-state index in [0.29, 0.717) is 19.4 Å². The highest BCUT2D eigenvalue weighted by atomic mass is 16.6. The second-order valence-electron chi connectivity index (χ2n) is 17.4. The second-order valence-corrected chi connectivity index (χ2v) is 17.4. The Bertz CT molecular complexity index is 1230. The molecule has 0 heterocycles. The van der Waals surface area contributed by atoms with E-state index in [1.807, 2.05) is 0 Å². The molecule has 0 N–H and O–H groups in total. The van der Waals surface area contributed by atoms with Crippen molar-refractivity contribution < 1.29 is 23.8 Å². The highest BCUT2D eigenvalue weighted by Gasteiger charge is 2.17. The van der Waals surface area contributed by atoms with E-state index in [0.717, 1.165) is 103 Å². The number of unbranched alkanes of at least 4 members (excludes halogenated alkanes) is 21. The minimum atomic E-state index is -0.558. The van der Waals surface area contributed by atoms with Crippen molar-refractivity contribution in [3.05, 3.63) is 97.2 Å². The van der Waals surface area contributed by atoms with Crippen LogP contribution < -0.4 is 0 Å². The third-order valence-electron chi connectivity index (χ3n) is 11.1. The van der Waals surface area contributed by atoms with Crippen LogP contribution in [0.4, 0.5) is 0 Å². The predicted molar refractivity (Wildman–Crippen MR) is 279 cm³/mol. The Morgan fingerprint density at radius 2 is 0.703 bits per heavy atom. The summed E-state index contributed by atoms with van der Waals surface area (Å²) in [5.74, 6) is -0.430. The molecule has 0 bridgehead atoms. The summed E-state index contributed by atoms with van der Waals surface area (Å²) < 4.78 is 17.4. The van der Waals surface area contributed by atoms with Crippen LogP contribution in [0.25, 0.3) is 0 Å². The minimum Gasteiger partial charge on any atom is -0.462 e. The Labute approximate surface area is 396 Å². The van der Waals surface area contributed by atoms with E-state index in [1.54, 1.807) is 0 Å². The summed E-state index contributed by atoms with van der Waals surface area (Å²) in [6.45, 7) is 7.60. The van der Waals surface area contributed by atoms with Gasteiger partial charge in [0.1, 0.15) is 6.61 Å². The maximum atomic E-state index is 12.7. The lowest BCUT2D eigenvalue weighted by Crippen LogP contribution is -2.30. The second kappa shape index (κ2) is 54.2. The van der Waals surface area contributed by atoms with E-state index in [-0.39, 0.29) is 25.2 Å². The maximum Gasteiger partial charge on any atom is 0.306 e. The van der Waals surface area contributed by atoms with Crippen LogP contribution in [0.2, 0.25) is 0 Å². The fraction of sp³-hybridized carbons (Fsp3) is 0.695. The number of allylic oxidation sites excluding steroid dienone is 16. The minimum absolute atomic E-state index is 0.0645. The summed E-state index contributed by atoms with van der Waals surface area (Å²) in [5.41, 5.74) is 0. The summed E-state index contributed by atoms with van der Waals surface area (Å²) in [7, 11) is 0. The fourth-order valence-corrected chi connectivity index (χ4v) is 7.13. The van der Waals surface area contributed by atoms with Crippen LogP contribution in [0.3, 0.4) is 0 Å². The van der Waals surface area contributed by atoms with Crippen LogP contribution in [0.15, 0.2) is 97.2 Å². The monoisotopic (exact) mass is 889 g/mol. The first-order valence-electron chi connectivity index (χ1n) is 26.8. The molecule has 0 saturated heterocycles. The molecule has 64 heavy (non-hydrogen) atoms. The fourth-order valence-electron chi connectivity index (χ4n) is 7.13. The van der Waals surface area contributed by atoms with Gasteiger partial charge in [-0.3, -0.25) is 9.59 Å². The lowest BCUT2D eigenvalue weighted by Gasteiger charge is -2.18. The number of hydrogen-bond acceptors (Lipinski definition) is 5. The van der Waals surface area contributed by atoms with E-state index in [2.05, 4.69) is 118 Å². The molecule has 0 aromatic carbocycles. The highest BCUT2D eigenvalue weighted by Crippen LogP contribution is 2.13. The molecule has 0 amide bonds. The van der Waals surface area contributed by atoms with Gasteiger partial charge in [0.15, 0.2) is 6.10 Å². The van der Waals surface area contributed by atoms with Gasteiger partial charge < -0.3 is 14.2 Å². The van der Waals surface area contributed by atoms with Crippen LogP contribution in [-0.2, 0) is 23.8 Å². The van der Waals surface area contributed by atoms with Gasteiger partial charge in [0, 0.05) is 19.4 Å². The Hall–Kier alpha value is -3.18. The molecule has 0 radical (unpaired) electrons. The van der Waals surface area contributed by atoms with Crippen LogP contribution in [0.1, 0.15) is 239 Å². The van der Waals surface area contributed by atoms with Crippen LogP contribution in [0.5, 0.6) is 0 Å². The standard InChI is InChI=1S/C59H100O5/c1-4-7-10-13-16-19-21-23-25-27-29-31-33-35-37-39-42-45-48-51-54-62-55-57(64-59(61)53-50-47-44-40-18-15-12-9-6-3)56-63-58(60)52-49-46-43-41-38-36-34-32-30-28-26-24-22-20-17-14-11-8-5-2/h7,10,16-17,19-20,23-26,29-32,35,37,57H,4-6,8-9,11-15,18,21-22,27-28,33-34,36,38-56H2,1-3H3/b10-7-,19-16-,20-17-,25-23-,26-24-,31-29-,32-30-,37-35-. The van der Waals surface area contributed by atoms with Crippen molar-refractivity contribution in [2.24, 2.45) is 0 Å². The quantitative estimate of drug-likeness (QED) is 0.0346. The van der Waals surface area contributed by atoms with Gasteiger partial charge in [0.05, 0.1) is 6.61 Å². The van der Waals surface area contributed by atoms with Gasteiger partial charge in [-0.1, -0.05) is 221 Å². The van der Waals surface area contributed by atoms with Crippen molar-refractivity contribution in [3.63, 3.8) is 0 Å². The molecule has 5 heteroatoms. The van der Waals surface area contributed by atoms with Crippen LogP contribution in [0, 0.1) is 0 Å². The summed E-state index contributed by atoms with van der Waals surface area (Å²) in [6, 6.07) is 0. The number of esters is 2. The molecular formula is C59H100O5. The van der Waals surface area contributed by atoms with E-state index < -0.39 is 6.10 Å². The largest absolute Gasteiger partial charge is 0.462 e. The molecule has 0 aromatic heterocycles. The topological polar surface area (TPSA) is 61.8 Å². The summed E-state index contributed by atoms with van der Waals surface area (Å²) in [4.78, 5) is 25.4. The SMILES string of the molecule is CC/C=C\C/C=C\C/C=C\C/C=C\C/C=C\CCCCCCOCC(COC(=O)CCCCCCCC/C=C\C/C=C\C/C=C\CCCCC)OC(=O)CCCCCCCCCCC. The molecule has 0 aromatic rings. The van der Waals surface area contributed by atoms with Gasteiger partial charge >= 0.3 is 11.9 Å². The van der Waals surface area contributed by atoms with Gasteiger partial charge in [-0.25, -0.2) is 0 Å². The normalized spacial score (nSPS) is 13.0. The van der Waals surface area contributed by atoms with Crippen molar-refractivity contribution >= 4 is 11.9 Å². The summed E-state index contributed by atoms with van der Waals surface area (Å²) in [6.07, 6.45) is 72.8. The molecule has 0 spiro atoms. The first-order valence-corrected chi connectivity index (χ1v) is 26.8. The van der Waals surface area contributed by atoms with Gasteiger partial charge in [0.2, 0.25) is 0 Å². The Morgan fingerprint density at radius 1 is 0.359 bits per heavy atom. The van der Waals surface area contributed by atoms with E-state index in [1.165, 1.54) is 103 Å². The van der Waals surface area contributed by atoms with Crippen molar-refractivity contribution in [1.82, 2.24) is 0 Å². The Kier molecular flexibility index (Phi) is 51.5. The predicted octanol–water partition coefficient (Wildman–Crippen LogP) is 18.2. The van der Waals surface area contributed by atoms with Gasteiger partial charge in [-0.05, 0) is 103 Å². The summed E-state index contributed by atoms with van der Waals surface area (Å²) >= 11 is 0. The molecule has 1 atom stereocenters. The number of ether oxygens (including phenoxy) is 3. The van der Waals surface area contributed by atoms with Gasteiger partial charge in [-0.15, -0.1) is 0 Å². The van der Waals surface area contributed by atoms with Crippen LogP contribution >= 0.6 is 0 Å². The zero-order chi connectivity index (χ0) is 46.3. The van der Waals surface area contributed by atoms with E-state index >= 15 is 0 Å². The molecule has 0 rings (SSSR count). The molecule has 0 aliphatic heterocycles.